The summed E-state index contributed by atoms with van der Waals surface area (Å²) in [5, 5.41) is 8.57. The molecular weight excluding hydrogens is 412 g/mol. The molecule has 0 bridgehead atoms. The molecule has 4 rings (SSSR count). The summed E-state index contributed by atoms with van der Waals surface area (Å²) in [4.78, 5) is 6.77. The normalized spacial score (nSPS) is 15.5. The predicted octanol–water partition coefficient (Wildman–Crippen LogP) is 1.76. The maximum atomic E-state index is 10.7. The van der Waals surface area contributed by atoms with Crippen molar-refractivity contribution in [2.24, 2.45) is 0 Å². The summed E-state index contributed by atoms with van der Waals surface area (Å²) in [5.74, 6) is 0.542. The van der Waals surface area contributed by atoms with Gasteiger partial charge in [-0.05, 0) is 61.5 Å². The number of benzene rings is 1. The topological polar surface area (TPSA) is 93.0 Å². The van der Waals surface area contributed by atoms with Crippen molar-refractivity contribution in [1.29, 1.82) is 0 Å². The van der Waals surface area contributed by atoms with Gasteiger partial charge in [-0.25, -0.2) is 17.8 Å². The number of thiol groups is 1. The minimum absolute atomic E-state index is 0.446. The Bertz CT molecular complexity index is 1040. The Morgan fingerprint density at radius 2 is 1.90 bits per heavy atom. The third-order valence-corrected chi connectivity index (χ3v) is 6.17. The van der Waals surface area contributed by atoms with Gasteiger partial charge in [0.2, 0.25) is 10.9 Å². The Morgan fingerprint density at radius 1 is 1.03 bits per heavy atom. The molecule has 0 saturated carbocycles. The lowest BCUT2D eigenvalue weighted by Gasteiger charge is -2.31. The highest BCUT2D eigenvalue weighted by atomic mass is 32.2. The third-order valence-electron chi connectivity index (χ3n) is 5.69. The van der Waals surface area contributed by atoms with E-state index in [1.807, 2.05) is 29.1 Å². The van der Waals surface area contributed by atoms with Gasteiger partial charge in [0.05, 0.1) is 24.1 Å². The molecule has 1 aliphatic rings. The summed E-state index contributed by atoms with van der Waals surface area (Å²) < 4.78 is 25.6. The molecule has 8 nitrogen and oxygen atoms in total. The number of hydrogen-bond donors (Lipinski definition) is 2. The number of nitrogens with zero attached hydrogens (tertiary/aromatic N) is 5. The summed E-state index contributed by atoms with van der Waals surface area (Å²) in [6, 6.07) is 14.4. The fraction of sp³-hybridized carbons (Fsp3) is 0.409. The Kier molecular flexibility index (Phi) is 7.39. The lowest BCUT2D eigenvalue weighted by Crippen LogP contribution is -2.32. The largest absolute Gasteiger partial charge is 0.297 e. The summed E-state index contributed by atoms with van der Waals surface area (Å²) in [5.41, 5.74) is 4.49. The van der Waals surface area contributed by atoms with Crippen molar-refractivity contribution in [3.8, 4) is 0 Å². The Hall–Kier alpha value is -2.62. The Morgan fingerprint density at radius 3 is 2.68 bits per heavy atom. The number of hydrogen-bond acceptors (Lipinski definition) is 6. The van der Waals surface area contributed by atoms with E-state index in [0.29, 0.717) is 25.4 Å². The number of nitrogens with one attached hydrogen (secondary N) is 1. The molecule has 0 spiro atoms. The van der Waals surface area contributed by atoms with Gasteiger partial charge in [-0.1, -0.05) is 35.5 Å². The lowest BCUT2D eigenvalue weighted by atomic mass is 9.88. The van der Waals surface area contributed by atoms with Crippen LogP contribution in [0.3, 0.4) is 0 Å². The molecule has 1 fully saturated rings. The molecule has 0 aliphatic carbocycles. The predicted molar refractivity (Wildman–Crippen MR) is 119 cm³/mol. The van der Waals surface area contributed by atoms with Gasteiger partial charge in [0, 0.05) is 19.3 Å². The highest BCUT2D eigenvalue weighted by Crippen LogP contribution is 2.29. The number of piperidine rings is 1. The molecule has 1 saturated heterocycles. The average Bonchev–Trinajstić information content (AvgIpc) is 3.21. The first-order valence-electron chi connectivity index (χ1n) is 10.6. The van der Waals surface area contributed by atoms with Crippen molar-refractivity contribution in [1.82, 2.24) is 29.6 Å². The molecule has 0 unspecified atom stereocenters. The van der Waals surface area contributed by atoms with Crippen molar-refractivity contribution in [2.45, 2.75) is 38.3 Å². The van der Waals surface area contributed by atoms with Gasteiger partial charge in [-0.3, -0.25) is 9.88 Å². The molecule has 0 atom stereocenters. The quantitative estimate of drug-likeness (QED) is 0.493. The van der Waals surface area contributed by atoms with Gasteiger partial charge in [0.25, 0.3) is 0 Å². The zero-order valence-corrected chi connectivity index (χ0v) is 18.3. The second-order valence-electron chi connectivity index (χ2n) is 7.94. The second kappa shape index (κ2) is 10.6. The molecule has 0 radical (unpaired) electrons. The van der Waals surface area contributed by atoms with Crippen LogP contribution < -0.4 is 4.72 Å². The number of aromatic nitrogens is 4. The minimum Gasteiger partial charge on any atom is -0.297 e. The monoisotopic (exact) mass is 440 g/mol. The van der Waals surface area contributed by atoms with Crippen LogP contribution in [0.25, 0.3) is 0 Å². The molecule has 1 aromatic carbocycles. The van der Waals surface area contributed by atoms with Crippen LogP contribution in [-0.2, 0) is 30.4 Å². The van der Waals surface area contributed by atoms with E-state index in [9.17, 15) is 8.42 Å². The van der Waals surface area contributed by atoms with Crippen molar-refractivity contribution < 1.29 is 8.42 Å². The van der Waals surface area contributed by atoms with Gasteiger partial charge >= 0.3 is 0 Å². The molecule has 3 aromatic rings. The van der Waals surface area contributed by atoms with Crippen LogP contribution in [0.4, 0.5) is 0 Å². The van der Waals surface area contributed by atoms with Crippen molar-refractivity contribution in [2.75, 3.05) is 19.6 Å². The van der Waals surface area contributed by atoms with Crippen LogP contribution >= 0.6 is 0 Å². The van der Waals surface area contributed by atoms with Crippen LogP contribution in [0, 0.1) is 0 Å². The third kappa shape index (κ3) is 6.43. The van der Waals surface area contributed by atoms with Crippen molar-refractivity contribution in [3.63, 3.8) is 0 Å². The molecule has 1 N–H and O–H groups in total. The molecular formula is C22H28N6O2S. The first-order chi connectivity index (χ1) is 15.2. The van der Waals surface area contributed by atoms with Crippen molar-refractivity contribution in [3.05, 3.63) is 77.4 Å². The van der Waals surface area contributed by atoms with E-state index in [4.69, 9.17) is 0 Å². The number of pyridine rings is 1. The molecule has 3 heterocycles. The molecule has 2 aromatic heterocycles. The van der Waals surface area contributed by atoms with Crippen LogP contribution in [0.15, 0.2) is 54.9 Å². The standard InChI is InChI=1S/C22H28N6O2S/c29-31(30)24-11-7-18-4-3-5-20(14-18)19-8-12-27(13-9-19)15-22-17-28(26-25-22)16-21-6-1-2-10-23-21/h1-6,10,14,17,19,31H,7-9,11-13,15-16H2,(H,24,29,30). The van der Waals surface area contributed by atoms with E-state index >= 15 is 0 Å². The van der Waals surface area contributed by atoms with E-state index < -0.39 is 10.9 Å². The van der Waals surface area contributed by atoms with Gasteiger partial charge in [-0.15, -0.1) is 5.10 Å². The SMILES string of the molecule is O=[SH](=O)NCCc1cccc(C2CCN(Cc3cn(Cc4ccccn4)nn3)CC2)c1. The average molecular weight is 441 g/mol. The first kappa shape index (κ1) is 21.6. The molecule has 0 amide bonds. The van der Waals surface area contributed by atoms with Crippen LogP contribution in [-0.4, -0.2) is 52.9 Å². The Balaban J connectivity index is 1.26. The molecule has 1 aliphatic heterocycles. The highest BCUT2D eigenvalue weighted by Gasteiger charge is 2.21. The number of rotatable bonds is 9. The van der Waals surface area contributed by atoms with E-state index in [0.717, 1.165) is 43.9 Å². The van der Waals surface area contributed by atoms with Gasteiger partial charge in [0.1, 0.15) is 0 Å². The summed E-state index contributed by atoms with van der Waals surface area (Å²) in [6.45, 7) is 3.95. The maximum absolute atomic E-state index is 10.7. The van der Waals surface area contributed by atoms with Crippen LogP contribution in [0.2, 0.25) is 0 Å². The van der Waals surface area contributed by atoms with Crippen molar-refractivity contribution >= 4 is 10.9 Å². The maximum Gasteiger partial charge on any atom is 0.201 e. The molecule has 9 heteroatoms. The molecule has 31 heavy (non-hydrogen) atoms. The summed E-state index contributed by atoms with van der Waals surface area (Å²) in [7, 11) is -2.52. The van der Waals surface area contributed by atoms with Crippen LogP contribution in [0.1, 0.15) is 41.3 Å². The van der Waals surface area contributed by atoms with E-state index in [-0.39, 0.29) is 0 Å². The number of likely N-dealkylation sites (tertiary alicyclic amines) is 1. The van der Waals surface area contributed by atoms with Gasteiger partial charge in [-0.2, -0.15) is 0 Å². The Labute approximate surface area is 184 Å². The van der Waals surface area contributed by atoms with Gasteiger partial charge in [0.15, 0.2) is 0 Å². The smallest absolute Gasteiger partial charge is 0.201 e. The van der Waals surface area contributed by atoms with Crippen LogP contribution in [0.5, 0.6) is 0 Å². The molecule has 164 valence electrons. The second-order valence-corrected chi connectivity index (χ2v) is 8.77. The summed E-state index contributed by atoms with van der Waals surface area (Å²) in [6.07, 6.45) is 6.73. The zero-order valence-electron chi connectivity index (χ0n) is 17.4. The van der Waals surface area contributed by atoms with E-state index in [2.05, 4.69) is 49.2 Å². The minimum atomic E-state index is -2.52. The zero-order chi connectivity index (χ0) is 21.5. The fourth-order valence-electron chi connectivity index (χ4n) is 4.09. The first-order valence-corrected chi connectivity index (χ1v) is 11.8. The lowest BCUT2D eigenvalue weighted by molar-refractivity contribution is 0.202. The summed E-state index contributed by atoms with van der Waals surface area (Å²) >= 11 is 0. The van der Waals surface area contributed by atoms with Gasteiger partial charge < -0.3 is 0 Å². The fourth-order valence-corrected chi connectivity index (χ4v) is 4.39. The highest BCUT2D eigenvalue weighted by molar-refractivity contribution is 7.70. The van der Waals surface area contributed by atoms with E-state index in [1.165, 1.54) is 11.1 Å². The van der Waals surface area contributed by atoms with E-state index in [1.54, 1.807) is 6.20 Å².